The Bertz CT molecular complexity index is 2160. The summed E-state index contributed by atoms with van der Waals surface area (Å²) in [5.74, 6) is -4.38. The summed E-state index contributed by atoms with van der Waals surface area (Å²) in [5, 5.41) is 5.83. The van der Waals surface area contributed by atoms with E-state index in [0.717, 1.165) is 11.1 Å². The molecule has 3 aromatic rings. The van der Waals surface area contributed by atoms with Crippen molar-refractivity contribution in [2.45, 2.75) is 103 Å². The van der Waals surface area contributed by atoms with E-state index >= 15 is 4.39 Å². The van der Waals surface area contributed by atoms with Crippen LogP contribution in [0.15, 0.2) is 54.6 Å². The van der Waals surface area contributed by atoms with Crippen molar-refractivity contribution in [3.8, 4) is 0 Å². The minimum absolute atomic E-state index is 0.0221. The molecule has 15 nitrogen and oxygen atoms in total. The Balaban J connectivity index is 1.19. The number of anilines is 5. The predicted molar refractivity (Wildman–Crippen MR) is 247 cm³/mol. The van der Waals surface area contributed by atoms with Crippen molar-refractivity contribution >= 4 is 75.6 Å². The van der Waals surface area contributed by atoms with Crippen molar-refractivity contribution in [2.24, 2.45) is 23.7 Å². The maximum absolute atomic E-state index is 15.1. The average molecular weight is 919 g/mol. The number of hydrogen-bond donors (Lipinski definition) is 4. The standard InChI is InChI=1S/C48H61ClFN7O8/c1-26(2)31(24-43(58)64-5)47(62)55-19-7-9-41(55)45(60)53-37-15-11-28(21-35(37)51)39-17-18-40(57(39)30-13-14-33(49)34(50)23-30)29-12-16-38(36(52)22-29)54-46(61)42-10-8-20-56(42)48(63)32(27(3)4)25-44(59)65-6/h11-16,21-23,26-27,31-32,39-42H,7-10,17-20,24-25,51-52H2,1-6H3,(H,53,60)(H,54,61)/t31-,32-,39+,40+,41-,42?/m0/s1. The van der Waals surface area contributed by atoms with Gasteiger partial charge in [-0.2, -0.15) is 0 Å². The van der Waals surface area contributed by atoms with Crippen LogP contribution in [0.1, 0.15) is 102 Å². The molecule has 0 aliphatic carbocycles. The molecule has 3 aliphatic heterocycles. The SMILES string of the molecule is COC(=O)C[C@H](C(=O)N1CCCC1C(=O)Nc1ccc([C@H]2CC[C@H](c3ccc(NC(=O)[C@@H]4CCCN4C(=O)[C@@H](CC(=O)OC)C(C)C)c(N)c3)N2c2ccc(Cl)c(F)c2)cc1N)C(C)C. The fourth-order valence-electron chi connectivity index (χ4n) is 9.48. The van der Waals surface area contributed by atoms with Crippen LogP contribution in [0.2, 0.25) is 5.02 Å². The van der Waals surface area contributed by atoms with E-state index in [0.29, 0.717) is 80.1 Å². The minimum Gasteiger partial charge on any atom is -0.469 e. The van der Waals surface area contributed by atoms with Gasteiger partial charge in [-0.15, -0.1) is 0 Å². The maximum Gasteiger partial charge on any atom is 0.306 e. The molecule has 3 aliphatic rings. The summed E-state index contributed by atoms with van der Waals surface area (Å²) >= 11 is 6.13. The molecule has 0 aromatic heterocycles. The molecular weight excluding hydrogens is 857 g/mol. The van der Waals surface area contributed by atoms with Crippen molar-refractivity contribution in [3.05, 3.63) is 76.6 Å². The van der Waals surface area contributed by atoms with Gasteiger partial charge in [-0.05, 0) is 104 Å². The lowest BCUT2D eigenvalue weighted by Crippen LogP contribution is -2.47. The van der Waals surface area contributed by atoms with Gasteiger partial charge in [0.1, 0.15) is 17.9 Å². The van der Waals surface area contributed by atoms with Crippen molar-refractivity contribution < 1.29 is 42.6 Å². The van der Waals surface area contributed by atoms with Gasteiger partial charge in [-0.25, -0.2) is 4.39 Å². The summed E-state index contributed by atoms with van der Waals surface area (Å²) in [5.41, 5.74) is 16.8. The molecule has 6 N–H and O–H groups in total. The van der Waals surface area contributed by atoms with E-state index in [4.69, 9.17) is 32.5 Å². The number of benzene rings is 3. The molecule has 0 saturated carbocycles. The van der Waals surface area contributed by atoms with Crippen LogP contribution in [0.5, 0.6) is 0 Å². The molecular formula is C48H61ClFN7O8. The zero-order valence-electron chi connectivity index (χ0n) is 37.9. The summed E-state index contributed by atoms with van der Waals surface area (Å²) < 4.78 is 24.8. The number of esters is 2. The molecule has 65 heavy (non-hydrogen) atoms. The number of halogens is 2. The van der Waals surface area contributed by atoms with Crippen LogP contribution in [0, 0.1) is 29.5 Å². The molecule has 350 valence electrons. The third-order valence-corrected chi connectivity index (χ3v) is 13.5. The number of ether oxygens (including phenoxy) is 2. The Kier molecular flexibility index (Phi) is 15.6. The third-order valence-electron chi connectivity index (χ3n) is 13.2. The molecule has 3 heterocycles. The van der Waals surface area contributed by atoms with Crippen molar-refractivity contribution in [1.82, 2.24) is 9.80 Å². The summed E-state index contributed by atoms with van der Waals surface area (Å²) in [6, 6.07) is 13.3. The molecule has 3 fully saturated rings. The Hall–Kier alpha value is -5.90. The van der Waals surface area contributed by atoms with Gasteiger partial charge in [-0.3, -0.25) is 28.8 Å². The summed E-state index contributed by atoms with van der Waals surface area (Å²) in [7, 11) is 2.56. The molecule has 0 radical (unpaired) electrons. The van der Waals surface area contributed by atoms with Crippen molar-refractivity contribution in [3.63, 3.8) is 0 Å². The first-order valence-electron chi connectivity index (χ1n) is 22.3. The van der Waals surface area contributed by atoms with Crippen LogP contribution in [-0.2, 0) is 38.2 Å². The zero-order valence-corrected chi connectivity index (χ0v) is 38.7. The zero-order chi connectivity index (χ0) is 47.3. The highest BCUT2D eigenvalue weighted by Crippen LogP contribution is 2.48. The van der Waals surface area contributed by atoms with Gasteiger partial charge in [0.05, 0.1) is 78.8 Å². The molecule has 1 unspecified atom stereocenters. The van der Waals surface area contributed by atoms with Crippen molar-refractivity contribution in [1.29, 1.82) is 0 Å². The highest BCUT2D eigenvalue weighted by atomic mass is 35.5. The smallest absolute Gasteiger partial charge is 0.306 e. The van der Waals surface area contributed by atoms with Gasteiger partial charge in [0, 0.05) is 18.8 Å². The Morgan fingerprint density at radius 3 is 1.48 bits per heavy atom. The van der Waals surface area contributed by atoms with Gasteiger partial charge in [0.25, 0.3) is 0 Å². The van der Waals surface area contributed by atoms with E-state index in [1.807, 2.05) is 39.8 Å². The van der Waals surface area contributed by atoms with Gasteiger partial charge in [0.15, 0.2) is 0 Å². The first kappa shape index (κ1) is 48.6. The molecule has 6 atom stereocenters. The van der Waals surface area contributed by atoms with E-state index in [1.54, 1.807) is 40.1 Å². The van der Waals surface area contributed by atoms with Gasteiger partial charge >= 0.3 is 11.9 Å². The van der Waals surface area contributed by atoms with E-state index in [2.05, 4.69) is 15.5 Å². The number of nitrogens with zero attached hydrogens (tertiary/aromatic N) is 3. The lowest BCUT2D eigenvalue weighted by atomic mass is 9.90. The third kappa shape index (κ3) is 10.8. The fraction of sp³-hybridized carbons (Fsp3) is 0.500. The average Bonchev–Trinajstić information content (AvgIpc) is 4.07. The second kappa shape index (κ2) is 20.9. The molecule has 6 rings (SSSR count). The highest BCUT2D eigenvalue weighted by molar-refractivity contribution is 6.30. The lowest BCUT2D eigenvalue weighted by Gasteiger charge is -2.34. The number of carbonyl (C=O) groups excluding carboxylic acids is 6. The number of nitrogen functional groups attached to an aromatic ring is 2. The molecule has 3 aromatic carbocycles. The van der Waals surface area contributed by atoms with E-state index in [1.165, 1.54) is 26.4 Å². The molecule has 4 amide bonds. The number of amides is 4. The Labute approximate surface area is 384 Å². The van der Waals surface area contributed by atoms with Crippen molar-refractivity contribution in [2.75, 3.05) is 54.3 Å². The molecule has 0 spiro atoms. The van der Waals surface area contributed by atoms with Crippen LogP contribution in [0.25, 0.3) is 0 Å². The number of likely N-dealkylation sites (tertiary alicyclic amines) is 2. The van der Waals surface area contributed by atoms with E-state index < -0.39 is 41.7 Å². The Morgan fingerprint density at radius 2 is 1.11 bits per heavy atom. The predicted octanol–water partition coefficient (Wildman–Crippen LogP) is 7.26. The van der Waals surface area contributed by atoms with E-state index in [9.17, 15) is 28.8 Å². The van der Waals surface area contributed by atoms with E-state index in [-0.39, 0.29) is 65.4 Å². The highest BCUT2D eigenvalue weighted by Gasteiger charge is 2.41. The number of rotatable bonds is 15. The Morgan fingerprint density at radius 1 is 0.677 bits per heavy atom. The van der Waals surface area contributed by atoms with Crippen LogP contribution < -0.4 is 27.0 Å². The molecule has 0 bridgehead atoms. The van der Waals surface area contributed by atoms with Crippen LogP contribution in [0.4, 0.5) is 32.8 Å². The van der Waals surface area contributed by atoms with Crippen LogP contribution in [-0.4, -0.2) is 84.8 Å². The summed E-state index contributed by atoms with van der Waals surface area (Å²) in [4.78, 5) is 84.1. The number of carbonyl (C=O) groups is 6. The lowest BCUT2D eigenvalue weighted by molar-refractivity contribution is -0.149. The largest absolute Gasteiger partial charge is 0.469 e. The normalized spacial score (nSPS) is 20.5. The quantitative estimate of drug-likeness (QED) is 0.0882. The van der Waals surface area contributed by atoms with Crippen LogP contribution >= 0.6 is 11.6 Å². The first-order chi connectivity index (χ1) is 30.9. The van der Waals surface area contributed by atoms with Gasteiger partial charge in [-0.1, -0.05) is 51.4 Å². The van der Waals surface area contributed by atoms with Gasteiger partial charge in [0.2, 0.25) is 23.6 Å². The number of methoxy groups -OCH3 is 2. The second-order valence-corrected chi connectivity index (χ2v) is 18.3. The fourth-order valence-corrected chi connectivity index (χ4v) is 9.60. The van der Waals surface area contributed by atoms with Crippen LogP contribution in [0.3, 0.4) is 0 Å². The van der Waals surface area contributed by atoms with Gasteiger partial charge < -0.3 is 46.3 Å². The monoisotopic (exact) mass is 917 g/mol. The maximum atomic E-state index is 15.1. The minimum atomic E-state index is -0.734. The number of nitrogens with two attached hydrogens (primary N) is 2. The first-order valence-corrected chi connectivity index (χ1v) is 22.7. The topological polar surface area (TPSA) is 207 Å². The summed E-state index contributed by atoms with van der Waals surface area (Å²) in [6.07, 6.45) is 3.33. The summed E-state index contributed by atoms with van der Waals surface area (Å²) in [6.45, 7) is 8.23. The molecule has 3 saturated heterocycles. The second-order valence-electron chi connectivity index (χ2n) is 17.9. The number of nitrogens with one attached hydrogen (secondary N) is 2. The molecule has 17 heteroatoms. The number of hydrogen-bond acceptors (Lipinski definition) is 11.